The van der Waals surface area contributed by atoms with Gasteiger partial charge in [-0.3, -0.25) is 5.14 Å². The van der Waals surface area contributed by atoms with Gasteiger partial charge in [-0.2, -0.15) is 0 Å². The van der Waals surface area contributed by atoms with Gasteiger partial charge >= 0.3 is 0 Å². The first-order valence-corrected chi connectivity index (χ1v) is 6.30. The van der Waals surface area contributed by atoms with Crippen molar-refractivity contribution in [2.75, 3.05) is 0 Å². The van der Waals surface area contributed by atoms with E-state index in [-0.39, 0.29) is 0 Å². The lowest BCUT2D eigenvalue weighted by Gasteiger charge is -2.37. The van der Waals surface area contributed by atoms with Crippen LogP contribution in [0, 0.1) is 0 Å². The number of alkyl halides is 1. The molecule has 1 aromatic rings. The Morgan fingerprint density at radius 2 is 1.67 bits per heavy atom. The van der Waals surface area contributed by atoms with E-state index in [4.69, 9.17) is 16.7 Å². The molecule has 0 fully saturated rings. The third-order valence-corrected chi connectivity index (χ3v) is 5.17. The molecule has 2 N–H and O–H groups in total. The number of halogens is 1. The minimum absolute atomic E-state index is 0.685. The van der Waals surface area contributed by atoms with Crippen molar-refractivity contribution in [1.82, 2.24) is 0 Å². The maximum atomic E-state index is 11.5. The van der Waals surface area contributed by atoms with Crippen molar-refractivity contribution in [2.24, 2.45) is 5.14 Å². The third kappa shape index (κ3) is 2.25. The van der Waals surface area contributed by atoms with E-state index in [2.05, 4.69) is 0 Å². The maximum absolute atomic E-state index is 11.5. The second-order valence-electron chi connectivity index (χ2n) is 4.18. The predicted molar refractivity (Wildman–Crippen MR) is 66.1 cm³/mol. The van der Waals surface area contributed by atoms with E-state index in [0.29, 0.717) is 0 Å². The van der Waals surface area contributed by atoms with Gasteiger partial charge in [-0.05, 0) is 26.3 Å². The van der Waals surface area contributed by atoms with E-state index < -0.39 is 20.6 Å². The Kier molecular flexibility index (Phi) is 3.59. The SMILES string of the molecule is CC(Cl)(c1ccccc1)C(C)(C)S(N)=O. The second kappa shape index (κ2) is 4.24. The molecule has 0 aliphatic heterocycles. The van der Waals surface area contributed by atoms with Gasteiger partial charge in [-0.1, -0.05) is 30.3 Å². The second-order valence-corrected chi connectivity index (χ2v) is 6.55. The largest absolute Gasteiger partial charge is 0.251 e. The van der Waals surface area contributed by atoms with E-state index >= 15 is 0 Å². The van der Waals surface area contributed by atoms with Crippen LogP contribution in [0.2, 0.25) is 0 Å². The average molecular weight is 246 g/mol. The number of rotatable bonds is 3. The predicted octanol–water partition coefficient (Wildman–Crippen LogP) is 2.54. The van der Waals surface area contributed by atoms with E-state index in [1.165, 1.54) is 0 Å². The number of hydrogen-bond donors (Lipinski definition) is 1. The highest BCUT2D eigenvalue weighted by atomic mass is 35.5. The number of hydrogen-bond acceptors (Lipinski definition) is 1. The standard InChI is InChI=1S/C11H16ClNOS/c1-10(2,15(13)14)11(3,12)9-7-5-4-6-8-9/h4-8H,13H2,1-3H3. The van der Waals surface area contributed by atoms with Crippen molar-refractivity contribution in [3.8, 4) is 0 Å². The summed E-state index contributed by atoms with van der Waals surface area (Å²) in [5, 5.41) is 5.48. The lowest BCUT2D eigenvalue weighted by atomic mass is 9.88. The Hall–Kier alpha value is -0.380. The van der Waals surface area contributed by atoms with E-state index in [1.54, 1.807) is 0 Å². The Labute approximate surface area is 98.4 Å². The van der Waals surface area contributed by atoms with Crippen molar-refractivity contribution in [2.45, 2.75) is 30.4 Å². The zero-order chi connectivity index (χ0) is 11.7. The van der Waals surface area contributed by atoms with Crippen molar-refractivity contribution < 1.29 is 4.21 Å². The van der Waals surface area contributed by atoms with Gasteiger partial charge in [0.2, 0.25) is 0 Å². The monoisotopic (exact) mass is 245 g/mol. The van der Waals surface area contributed by atoms with Gasteiger partial charge in [-0.25, -0.2) is 4.21 Å². The molecule has 1 rings (SSSR count). The topological polar surface area (TPSA) is 43.1 Å². The molecule has 15 heavy (non-hydrogen) atoms. The molecule has 0 bridgehead atoms. The summed E-state index contributed by atoms with van der Waals surface area (Å²) in [5.41, 5.74) is 0.926. The van der Waals surface area contributed by atoms with Crippen LogP contribution < -0.4 is 5.14 Å². The highest BCUT2D eigenvalue weighted by molar-refractivity contribution is 7.84. The molecule has 0 saturated heterocycles. The molecule has 2 unspecified atom stereocenters. The fraction of sp³-hybridized carbons (Fsp3) is 0.455. The highest BCUT2D eigenvalue weighted by Crippen LogP contribution is 2.41. The van der Waals surface area contributed by atoms with Gasteiger partial charge in [0.15, 0.2) is 0 Å². The quantitative estimate of drug-likeness (QED) is 0.818. The summed E-state index contributed by atoms with van der Waals surface area (Å²) in [4.78, 5) is -0.742. The van der Waals surface area contributed by atoms with E-state index in [9.17, 15) is 4.21 Å². The number of nitrogens with two attached hydrogens (primary N) is 1. The van der Waals surface area contributed by atoms with Gasteiger partial charge in [0.05, 0.1) is 20.6 Å². The molecule has 1 aromatic carbocycles. The molecule has 2 nitrogen and oxygen atoms in total. The lowest BCUT2D eigenvalue weighted by Crippen LogP contribution is -2.47. The molecule has 4 heteroatoms. The molecule has 0 aromatic heterocycles. The molecule has 0 saturated carbocycles. The van der Waals surface area contributed by atoms with Crippen LogP contribution in [0.4, 0.5) is 0 Å². The smallest absolute Gasteiger partial charge is 0.0967 e. The molecule has 0 aliphatic rings. The molecular weight excluding hydrogens is 230 g/mol. The van der Waals surface area contributed by atoms with Crippen molar-refractivity contribution in [3.05, 3.63) is 35.9 Å². The third-order valence-electron chi connectivity index (χ3n) is 2.95. The summed E-state index contributed by atoms with van der Waals surface area (Å²) in [7, 11) is -1.48. The summed E-state index contributed by atoms with van der Waals surface area (Å²) >= 11 is 6.48. The Bertz CT molecular complexity index is 362. The van der Waals surface area contributed by atoms with Crippen molar-refractivity contribution >= 4 is 22.6 Å². The lowest BCUT2D eigenvalue weighted by molar-refractivity contribution is 0.501. The first kappa shape index (κ1) is 12.7. The fourth-order valence-electron chi connectivity index (χ4n) is 1.29. The number of benzene rings is 1. The summed E-state index contributed by atoms with van der Waals surface area (Å²) < 4.78 is 10.8. The molecule has 0 heterocycles. The molecule has 0 aliphatic carbocycles. The Morgan fingerprint density at radius 3 is 2.07 bits per heavy atom. The summed E-state index contributed by atoms with van der Waals surface area (Å²) in [5.74, 6) is 0. The van der Waals surface area contributed by atoms with Crippen LogP contribution in [0.3, 0.4) is 0 Å². The minimum atomic E-state index is -1.48. The fourth-order valence-corrected chi connectivity index (χ4v) is 2.14. The van der Waals surface area contributed by atoms with Crippen LogP contribution in [0.25, 0.3) is 0 Å². The van der Waals surface area contributed by atoms with Gasteiger partial charge in [0.1, 0.15) is 0 Å². The Balaban J connectivity index is 3.19. The minimum Gasteiger partial charge on any atom is -0.251 e. The van der Waals surface area contributed by atoms with Crippen molar-refractivity contribution in [1.29, 1.82) is 0 Å². The summed E-state index contributed by atoms with van der Waals surface area (Å²) in [6, 6.07) is 9.57. The molecule has 0 radical (unpaired) electrons. The average Bonchev–Trinajstić information content (AvgIpc) is 2.18. The van der Waals surface area contributed by atoms with Crippen LogP contribution in [-0.4, -0.2) is 8.96 Å². The molecular formula is C11H16ClNOS. The molecule has 0 amide bonds. The highest BCUT2D eigenvalue weighted by Gasteiger charge is 2.44. The van der Waals surface area contributed by atoms with Crippen LogP contribution in [0.15, 0.2) is 30.3 Å². The van der Waals surface area contributed by atoms with E-state index in [1.807, 2.05) is 51.1 Å². The van der Waals surface area contributed by atoms with Crippen LogP contribution in [0.1, 0.15) is 26.3 Å². The summed E-state index contributed by atoms with van der Waals surface area (Å²) in [6.07, 6.45) is 0. The Morgan fingerprint density at radius 1 is 1.20 bits per heavy atom. The maximum Gasteiger partial charge on any atom is 0.0967 e. The molecule has 2 atom stereocenters. The summed E-state index contributed by atoms with van der Waals surface area (Å²) in [6.45, 7) is 5.46. The van der Waals surface area contributed by atoms with Gasteiger partial charge < -0.3 is 0 Å². The first-order chi connectivity index (χ1) is 6.80. The first-order valence-electron chi connectivity index (χ1n) is 4.71. The van der Waals surface area contributed by atoms with Crippen LogP contribution >= 0.6 is 11.6 Å². The van der Waals surface area contributed by atoms with Gasteiger partial charge in [-0.15, -0.1) is 11.6 Å². The normalized spacial score (nSPS) is 18.2. The zero-order valence-corrected chi connectivity index (χ0v) is 10.7. The molecule has 84 valence electrons. The van der Waals surface area contributed by atoms with Crippen LogP contribution in [0.5, 0.6) is 0 Å². The van der Waals surface area contributed by atoms with Crippen molar-refractivity contribution in [3.63, 3.8) is 0 Å². The van der Waals surface area contributed by atoms with Crippen LogP contribution in [-0.2, 0) is 15.9 Å². The van der Waals surface area contributed by atoms with Gasteiger partial charge in [0, 0.05) is 0 Å². The molecule has 0 spiro atoms. The van der Waals surface area contributed by atoms with Gasteiger partial charge in [0.25, 0.3) is 0 Å². The van der Waals surface area contributed by atoms with E-state index in [0.717, 1.165) is 5.56 Å². The zero-order valence-electron chi connectivity index (χ0n) is 9.16.